The van der Waals surface area contributed by atoms with Crippen LogP contribution in [0.1, 0.15) is 30.3 Å². The number of aromatic amines is 1. The number of hydrogen-bond acceptors (Lipinski definition) is 4. The van der Waals surface area contributed by atoms with Crippen molar-refractivity contribution in [2.75, 3.05) is 13.1 Å². The lowest BCUT2D eigenvalue weighted by Gasteiger charge is -2.35. The first-order valence-corrected chi connectivity index (χ1v) is 7.05. The number of H-pyrrole nitrogens is 1. The topological polar surface area (TPSA) is 95.5 Å². The fourth-order valence-electron chi connectivity index (χ4n) is 2.62. The predicted octanol–water partition coefficient (Wildman–Crippen LogP) is 0.660. The van der Waals surface area contributed by atoms with Crippen molar-refractivity contribution >= 4 is 11.9 Å². The van der Waals surface area contributed by atoms with Crippen LogP contribution in [0.15, 0.2) is 0 Å². The van der Waals surface area contributed by atoms with Crippen LogP contribution in [0.5, 0.6) is 0 Å². The lowest BCUT2D eigenvalue weighted by atomic mass is 10.1. The van der Waals surface area contributed by atoms with Crippen molar-refractivity contribution < 1.29 is 19.4 Å². The number of nitrogens with one attached hydrogen (secondary N) is 1. The van der Waals surface area contributed by atoms with E-state index in [0.717, 1.165) is 17.0 Å². The number of hydrogen-bond donors (Lipinski definition) is 2. The van der Waals surface area contributed by atoms with E-state index in [0.29, 0.717) is 19.4 Å². The zero-order valence-electron chi connectivity index (χ0n) is 12.5. The average molecular weight is 295 g/mol. The second-order valence-corrected chi connectivity index (χ2v) is 5.48. The summed E-state index contributed by atoms with van der Waals surface area (Å²) in [7, 11) is 0. The molecular weight excluding hydrogens is 274 g/mol. The molecule has 1 saturated heterocycles. The Bertz CT molecular complexity index is 521. The number of aryl methyl sites for hydroxylation is 2. The van der Waals surface area contributed by atoms with Gasteiger partial charge in [0.1, 0.15) is 0 Å². The van der Waals surface area contributed by atoms with E-state index < -0.39 is 12.1 Å². The molecule has 0 radical (unpaired) electrons. The van der Waals surface area contributed by atoms with Crippen molar-refractivity contribution in [2.24, 2.45) is 0 Å². The number of carbonyl (C=O) groups excluding carboxylic acids is 1. The minimum atomic E-state index is -1.03. The number of ether oxygens (including phenoxy) is 1. The van der Waals surface area contributed by atoms with Crippen LogP contribution in [0.4, 0.5) is 0 Å². The van der Waals surface area contributed by atoms with E-state index in [-0.39, 0.29) is 18.6 Å². The van der Waals surface area contributed by atoms with Gasteiger partial charge in [0.05, 0.1) is 18.3 Å². The molecule has 1 aliphatic heterocycles. The second-order valence-electron chi connectivity index (χ2n) is 5.48. The maximum absolute atomic E-state index is 12.3. The van der Waals surface area contributed by atoms with Gasteiger partial charge in [-0.15, -0.1) is 0 Å². The Hall–Kier alpha value is -1.89. The first-order chi connectivity index (χ1) is 9.88. The zero-order valence-corrected chi connectivity index (χ0v) is 12.5. The van der Waals surface area contributed by atoms with Gasteiger partial charge < -0.3 is 14.7 Å². The summed E-state index contributed by atoms with van der Waals surface area (Å²) in [5, 5.41) is 16.0. The third-order valence-corrected chi connectivity index (χ3v) is 3.76. The van der Waals surface area contributed by atoms with Crippen LogP contribution in [0, 0.1) is 13.8 Å². The number of carboxylic acids is 1. The molecule has 1 aliphatic rings. The van der Waals surface area contributed by atoms with Gasteiger partial charge >= 0.3 is 5.97 Å². The molecule has 21 heavy (non-hydrogen) atoms. The van der Waals surface area contributed by atoms with Crippen LogP contribution >= 0.6 is 0 Å². The Morgan fingerprint density at radius 3 is 2.71 bits per heavy atom. The number of nitrogens with zero attached hydrogens (tertiary/aromatic N) is 2. The third kappa shape index (κ3) is 3.60. The Morgan fingerprint density at radius 1 is 1.43 bits per heavy atom. The standard InChI is InChI=1S/C14H21N3O4/c1-8-6-17(7-12(21-8)14(19)20)13(18)5-4-11-9(2)15-16-10(11)3/h8,12H,4-7H2,1-3H3,(H,15,16)(H,19,20)/t8-,12-/m1/s1. The Balaban J connectivity index is 1.95. The number of carboxylic acid groups (broad SMARTS) is 1. The van der Waals surface area contributed by atoms with Crippen LogP contribution in [-0.4, -0.2) is 57.4 Å². The van der Waals surface area contributed by atoms with Crippen LogP contribution in [0.2, 0.25) is 0 Å². The van der Waals surface area contributed by atoms with Crippen LogP contribution in [-0.2, 0) is 20.7 Å². The average Bonchev–Trinajstić information content (AvgIpc) is 2.74. The van der Waals surface area contributed by atoms with Gasteiger partial charge in [-0.2, -0.15) is 5.10 Å². The maximum Gasteiger partial charge on any atom is 0.334 e. The lowest BCUT2D eigenvalue weighted by molar-refractivity contribution is -0.166. The van der Waals surface area contributed by atoms with Gasteiger partial charge in [-0.25, -0.2) is 4.79 Å². The summed E-state index contributed by atoms with van der Waals surface area (Å²) < 4.78 is 5.31. The first-order valence-electron chi connectivity index (χ1n) is 7.05. The molecule has 2 rings (SSSR count). The van der Waals surface area contributed by atoms with Gasteiger partial charge in [-0.1, -0.05) is 0 Å². The molecule has 1 amide bonds. The predicted molar refractivity (Wildman–Crippen MR) is 74.9 cm³/mol. The van der Waals surface area contributed by atoms with E-state index in [9.17, 15) is 9.59 Å². The number of carbonyl (C=O) groups is 2. The molecular formula is C14H21N3O4. The lowest BCUT2D eigenvalue weighted by Crippen LogP contribution is -2.51. The molecule has 7 nitrogen and oxygen atoms in total. The summed E-state index contributed by atoms with van der Waals surface area (Å²) in [5.41, 5.74) is 2.93. The van der Waals surface area contributed by atoms with Crippen molar-refractivity contribution in [2.45, 2.75) is 45.8 Å². The van der Waals surface area contributed by atoms with Gasteiger partial charge in [0.2, 0.25) is 5.91 Å². The van der Waals surface area contributed by atoms with Crippen LogP contribution in [0.25, 0.3) is 0 Å². The number of amides is 1. The van der Waals surface area contributed by atoms with Gasteiger partial charge in [0.15, 0.2) is 6.10 Å². The molecule has 0 spiro atoms. The molecule has 2 heterocycles. The second kappa shape index (κ2) is 6.26. The summed E-state index contributed by atoms with van der Waals surface area (Å²) in [4.78, 5) is 24.9. The smallest absolute Gasteiger partial charge is 0.334 e. The zero-order chi connectivity index (χ0) is 15.6. The maximum atomic E-state index is 12.3. The highest BCUT2D eigenvalue weighted by Gasteiger charge is 2.32. The SMILES string of the molecule is Cc1n[nH]c(C)c1CCC(=O)N1C[C@@H](C)O[C@@H](C(=O)O)C1. The fraction of sp³-hybridized carbons (Fsp3) is 0.643. The normalized spacial score (nSPS) is 22.3. The largest absolute Gasteiger partial charge is 0.479 e. The summed E-state index contributed by atoms with van der Waals surface area (Å²) in [6.07, 6.45) is -0.243. The highest BCUT2D eigenvalue weighted by Crippen LogP contribution is 2.16. The Labute approximate surface area is 123 Å². The van der Waals surface area contributed by atoms with Crippen LogP contribution < -0.4 is 0 Å². The number of morpholine rings is 1. The molecule has 2 N–H and O–H groups in total. The van der Waals surface area contributed by atoms with Gasteiger partial charge in [0.25, 0.3) is 0 Å². The summed E-state index contributed by atoms with van der Waals surface area (Å²) in [5.74, 6) is -1.07. The quantitative estimate of drug-likeness (QED) is 0.850. The molecule has 0 bridgehead atoms. The van der Waals surface area contributed by atoms with Crippen molar-refractivity contribution in [3.63, 3.8) is 0 Å². The van der Waals surface area contributed by atoms with Gasteiger partial charge in [-0.05, 0) is 32.8 Å². The summed E-state index contributed by atoms with van der Waals surface area (Å²) in [6, 6.07) is 0. The van der Waals surface area contributed by atoms with Crippen molar-refractivity contribution in [3.05, 3.63) is 17.0 Å². The Morgan fingerprint density at radius 2 is 2.14 bits per heavy atom. The molecule has 0 aliphatic carbocycles. The highest BCUT2D eigenvalue weighted by molar-refractivity contribution is 5.79. The first kappa shape index (κ1) is 15.5. The molecule has 1 aromatic rings. The van der Waals surface area contributed by atoms with Gasteiger partial charge in [-0.3, -0.25) is 9.89 Å². The van der Waals surface area contributed by atoms with Crippen LogP contribution in [0.3, 0.4) is 0 Å². The Kier molecular flexibility index (Phi) is 4.62. The summed E-state index contributed by atoms with van der Waals surface area (Å²) >= 11 is 0. The molecule has 1 fully saturated rings. The third-order valence-electron chi connectivity index (χ3n) is 3.76. The number of rotatable bonds is 4. The van der Waals surface area contributed by atoms with E-state index >= 15 is 0 Å². The molecule has 0 unspecified atom stereocenters. The highest BCUT2D eigenvalue weighted by atomic mass is 16.5. The van der Waals surface area contributed by atoms with Crippen molar-refractivity contribution in [1.29, 1.82) is 0 Å². The van der Waals surface area contributed by atoms with E-state index in [1.807, 2.05) is 13.8 Å². The van der Waals surface area contributed by atoms with Crippen molar-refractivity contribution in [3.8, 4) is 0 Å². The molecule has 0 aromatic carbocycles. The van der Waals surface area contributed by atoms with E-state index in [1.165, 1.54) is 0 Å². The minimum Gasteiger partial charge on any atom is -0.479 e. The molecule has 1 aromatic heterocycles. The molecule has 2 atom stereocenters. The number of aromatic nitrogens is 2. The molecule has 0 saturated carbocycles. The van der Waals surface area contributed by atoms with Gasteiger partial charge in [0, 0.05) is 18.7 Å². The minimum absolute atomic E-state index is 0.0450. The van der Waals surface area contributed by atoms with E-state index in [1.54, 1.807) is 11.8 Å². The monoisotopic (exact) mass is 295 g/mol. The summed E-state index contributed by atoms with van der Waals surface area (Å²) in [6.45, 7) is 6.16. The fourth-order valence-corrected chi connectivity index (χ4v) is 2.62. The van der Waals surface area contributed by atoms with E-state index in [2.05, 4.69) is 10.2 Å². The molecule has 7 heteroatoms. The number of aliphatic carboxylic acids is 1. The van der Waals surface area contributed by atoms with Crippen molar-refractivity contribution in [1.82, 2.24) is 15.1 Å². The molecule has 116 valence electrons. The van der Waals surface area contributed by atoms with E-state index in [4.69, 9.17) is 9.84 Å².